The summed E-state index contributed by atoms with van der Waals surface area (Å²) >= 11 is 19.0. The number of rotatable bonds is 14. The Morgan fingerprint density at radius 1 is 0.824 bits per heavy atom. The van der Waals surface area contributed by atoms with Crippen LogP contribution in [0.5, 0.6) is 11.5 Å². The van der Waals surface area contributed by atoms with Crippen LogP contribution in [0.4, 0.5) is 5.69 Å². The minimum absolute atomic E-state index is 0.0309. The van der Waals surface area contributed by atoms with Crippen LogP contribution in [0.15, 0.2) is 95.9 Å². The zero-order chi connectivity index (χ0) is 36.5. The molecular formula is C38H40Cl3N3O6S. The monoisotopic (exact) mass is 771 g/mol. The summed E-state index contributed by atoms with van der Waals surface area (Å²) in [4.78, 5) is 30.4. The Labute approximate surface area is 314 Å². The molecule has 270 valence electrons. The van der Waals surface area contributed by atoms with Gasteiger partial charge in [0.15, 0.2) is 11.5 Å². The Morgan fingerprint density at radius 2 is 1.49 bits per heavy atom. The van der Waals surface area contributed by atoms with Crippen LogP contribution in [0, 0.1) is 0 Å². The van der Waals surface area contributed by atoms with Crippen LogP contribution in [0.25, 0.3) is 0 Å². The van der Waals surface area contributed by atoms with Gasteiger partial charge in [-0.05, 0) is 72.5 Å². The summed E-state index contributed by atoms with van der Waals surface area (Å²) in [6.45, 7) is -0.735. The second-order valence-electron chi connectivity index (χ2n) is 12.3. The number of hydrogen-bond donors (Lipinski definition) is 1. The van der Waals surface area contributed by atoms with E-state index in [4.69, 9.17) is 44.3 Å². The van der Waals surface area contributed by atoms with Gasteiger partial charge in [-0.15, -0.1) is 0 Å². The lowest BCUT2D eigenvalue weighted by atomic mass is 9.94. The Kier molecular flexibility index (Phi) is 13.1. The van der Waals surface area contributed by atoms with Crippen molar-refractivity contribution in [2.24, 2.45) is 0 Å². The summed E-state index contributed by atoms with van der Waals surface area (Å²) in [6.07, 6.45) is 4.97. The third-order valence-electron chi connectivity index (χ3n) is 8.91. The minimum Gasteiger partial charge on any atom is -0.493 e. The number of ether oxygens (including phenoxy) is 2. The Hall–Kier alpha value is -3.96. The maximum atomic E-state index is 14.8. The van der Waals surface area contributed by atoms with E-state index in [2.05, 4.69) is 5.32 Å². The molecule has 4 aromatic carbocycles. The van der Waals surface area contributed by atoms with Crippen molar-refractivity contribution in [3.05, 3.63) is 117 Å². The molecule has 1 N–H and O–H groups in total. The molecule has 2 amide bonds. The number of nitrogens with one attached hydrogen (secondary N) is 1. The number of nitrogens with zero attached hydrogens (tertiary/aromatic N) is 2. The van der Waals surface area contributed by atoms with E-state index in [-0.39, 0.29) is 41.2 Å². The first-order chi connectivity index (χ1) is 24.5. The van der Waals surface area contributed by atoms with Gasteiger partial charge in [0, 0.05) is 40.1 Å². The van der Waals surface area contributed by atoms with Gasteiger partial charge in [0.05, 0.1) is 24.8 Å². The number of halogens is 3. The van der Waals surface area contributed by atoms with Crippen molar-refractivity contribution in [2.75, 3.05) is 25.1 Å². The van der Waals surface area contributed by atoms with Gasteiger partial charge in [-0.3, -0.25) is 13.9 Å². The molecule has 1 aliphatic carbocycles. The predicted molar refractivity (Wildman–Crippen MR) is 201 cm³/mol. The molecular weight excluding hydrogens is 733 g/mol. The summed E-state index contributed by atoms with van der Waals surface area (Å²) in [5, 5.41) is 4.29. The van der Waals surface area contributed by atoms with E-state index in [1.54, 1.807) is 30.3 Å². The molecule has 0 heterocycles. The van der Waals surface area contributed by atoms with Gasteiger partial charge >= 0.3 is 0 Å². The van der Waals surface area contributed by atoms with E-state index in [9.17, 15) is 18.0 Å². The highest BCUT2D eigenvalue weighted by Crippen LogP contribution is 2.33. The summed E-state index contributed by atoms with van der Waals surface area (Å²) in [5.41, 5.74) is 1.56. The third-order valence-corrected chi connectivity index (χ3v) is 11.5. The van der Waals surface area contributed by atoms with Gasteiger partial charge in [0.2, 0.25) is 11.8 Å². The molecule has 1 saturated carbocycles. The molecule has 0 spiro atoms. The van der Waals surface area contributed by atoms with E-state index in [1.165, 1.54) is 49.5 Å². The van der Waals surface area contributed by atoms with Crippen LogP contribution >= 0.6 is 34.8 Å². The van der Waals surface area contributed by atoms with Gasteiger partial charge in [-0.1, -0.05) is 90.5 Å². The zero-order valence-corrected chi connectivity index (χ0v) is 31.4. The standard InChI is InChI=1S/C38H40Cl3N3O6S/c1-49-35-20-19-32(23-36(35)50-2)51(47,48)44(31-17-15-28(39)16-18-31)25-37(45)43(24-27-13-14-29(40)22-33(27)41)34(21-26-9-5-3-6-10-26)38(46)42-30-11-7-4-8-12-30/h3,5-6,9-10,13-20,22-23,30,34H,4,7-8,11-12,21,24-25H2,1-2H3,(H,42,46)/t34-/m1/s1. The van der Waals surface area contributed by atoms with Gasteiger partial charge in [0.25, 0.3) is 10.0 Å². The highest BCUT2D eigenvalue weighted by Gasteiger charge is 2.36. The fraction of sp³-hybridized carbons (Fsp3) is 0.316. The van der Waals surface area contributed by atoms with Gasteiger partial charge in [-0.2, -0.15) is 0 Å². The Balaban J connectivity index is 1.59. The van der Waals surface area contributed by atoms with Crippen LogP contribution < -0.4 is 19.1 Å². The molecule has 5 rings (SSSR count). The first-order valence-corrected chi connectivity index (χ1v) is 19.2. The SMILES string of the molecule is COc1ccc(S(=O)(=O)N(CC(=O)N(Cc2ccc(Cl)cc2Cl)[C@H](Cc2ccccc2)C(=O)NC2CCCCC2)c2ccc(Cl)cc2)cc1OC. The van der Waals surface area contributed by atoms with Crippen molar-refractivity contribution in [3.63, 3.8) is 0 Å². The Morgan fingerprint density at radius 3 is 2.14 bits per heavy atom. The maximum Gasteiger partial charge on any atom is 0.264 e. The quantitative estimate of drug-likeness (QED) is 0.140. The number of sulfonamides is 1. The number of carbonyl (C=O) groups excluding carboxylic acids is 2. The van der Waals surface area contributed by atoms with Crippen molar-refractivity contribution in [3.8, 4) is 11.5 Å². The second-order valence-corrected chi connectivity index (χ2v) is 15.5. The summed E-state index contributed by atoms with van der Waals surface area (Å²) in [6, 6.07) is 23.6. The molecule has 0 unspecified atom stereocenters. The van der Waals surface area contributed by atoms with Crippen molar-refractivity contribution in [2.45, 2.75) is 62.0 Å². The second kappa shape index (κ2) is 17.5. The smallest absolute Gasteiger partial charge is 0.264 e. The highest BCUT2D eigenvalue weighted by atomic mass is 35.5. The summed E-state index contributed by atoms with van der Waals surface area (Å²) in [5.74, 6) is -0.420. The first kappa shape index (κ1) is 38.3. The molecule has 0 saturated heterocycles. The molecule has 13 heteroatoms. The lowest BCUT2D eigenvalue weighted by Gasteiger charge is -2.35. The minimum atomic E-state index is -4.40. The average molecular weight is 773 g/mol. The molecule has 4 aromatic rings. The molecule has 51 heavy (non-hydrogen) atoms. The van der Waals surface area contributed by atoms with Crippen molar-refractivity contribution < 1.29 is 27.5 Å². The lowest BCUT2D eigenvalue weighted by molar-refractivity contribution is -0.140. The molecule has 9 nitrogen and oxygen atoms in total. The number of carbonyl (C=O) groups is 2. The van der Waals surface area contributed by atoms with Crippen LogP contribution in [0.1, 0.15) is 43.2 Å². The van der Waals surface area contributed by atoms with E-state index in [0.717, 1.165) is 42.0 Å². The van der Waals surface area contributed by atoms with Crippen molar-refractivity contribution in [1.82, 2.24) is 10.2 Å². The van der Waals surface area contributed by atoms with Crippen molar-refractivity contribution >= 4 is 62.3 Å². The van der Waals surface area contributed by atoms with E-state index >= 15 is 0 Å². The number of benzene rings is 4. The topological polar surface area (TPSA) is 105 Å². The van der Waals surface area contributed by atoms with Gasteiger partial charge in [0.1, 0.15) is 12.6 Å². The molecule has 1 atom stereocenters. The molecule has 0 aliphatic heterocycles. The molecule has 1 fully saturated rings. The van der Waals surface area contributed by atoms with Crippen LogP contribution in [0.2, 0.25) is 15.1 Å². The van der Waals surface area contributed by atoms with Crippen LogP contribution in [-0.4, -0.2) is 58.0 Å². The third kappa shape index (κ3) is 9.68. The summed E-state index contributed by atoms with van der Waals surface area (Å²) < 4.78 is 40.6. The first-order valence-electron chi connectivity index (χ1n) is 16.6. The van der Waals surface area contributed by atoms with E-state index in [0.29, 0.717) is 26.4 Å². The predicted octanol–water partition coefficient (Wildman–Crippen LogP) is 7.95. The van der Waals surface area contributed by atoms with Crippen LogP contribution in [0.3, 0.4) is 0 Å². The maximum absolute atomic E-state index is 14.8. The molecule has 0 aromatic heterocycles. The van der Waals surface area contributed by atoms with Gasteiger partial charge in [-0.25, -0.2) is 8.42 Å². The lowest BCUT2D eigenvalue weighted by Crippen LogP contribution is -2.55. The fourth-order valence-electron chi connectivity index (χ4n) is 6.17. The molecule has 1 aliphatic rings. The zero-order valence-electron chi connectivity index (χ0n) is 28.4. The average Bonchev–Trinajstić information content (AvgIpc) is 3.13. The molecule has 0 radical (unpaired) electrons. The van der Waals surface area contributed by atoms with Crippen molar-refractivity contribution in [1.29, 1.82) is 0 Å². The van der Waals surface area contributed by atoms with E-state index in [1.807, 2.05) is 30.3 Å². The fourth-order valence-corrected chi connectivity index (χ4v) is 8.20. The molecule has 0 bridgehead atoms. The normalized spacial score (nSPS) is 14.0. The summed E-state index contributed by atoms with van der Waals surface area (Å²) in [7, 11) is -1.55. The number of hydrogen-bond acceptors (Lipinski definition) is 6. The van der Waals surface area contributed by atoms with Gasteiger partial charge < -0.3 is 19.7 Å². The Bertz CT molecular complexity index is 1920. The number of amides is 2. The number of anilines is 1. The van der Waals surface area contributed by atoms with E-state index < -0.39 is 28.5 Å². The number of methoxy groups -OCH3 is 2. The largest absolute Gasteiger partial charge is 0.493 e. The van der Waals surface area contributed by atoms with Crippen LogP contribution in [-0.2, 0) is 32.6 Å². The highest BCUT2D eigenvalue weighted by molar-refractivity contribution is 7.92.